The highest BCUT2D eigenvalue weighted by molar-refractivity contribution is 5.84. The number of rotatable bonds is 4. The van der Waals surface area contributed by atoms with Crippen molar-refractivity contribution in [3.05, 3.63) is 35.6 Å². The smallest absolute Gasteiger partial charge is 0.408 e. The van der Waals surface area contributed by atoms with Crippen molar-refractivity contribution in [3.8, 4) is 0 Å². The Morgan fingerprint density at radius 3 is 2.29 bits per heavy atom. The Kier molecular flexibility index (Phi) is 4.93. The zero-order chi connectivity index (χ0) is 16.3. The lowest BCUT2D eigenvalue weighted by Gasteiger charge is -2.28. The van der Waals surface area contributed by atoms with Gasteiger partial charge in [0.1, 0.15) is 17.0 Å². The minimum absolute atomic E-state index is 0.186. The van der Waals surface area contributed by atoms with E-state index in [0.717, 1.165) is 0 Å². The first-order valence-electron chi connectivity index (χ1n) is 6.51. The number of ether oxygens (including phenoxy) is 1. The van der Waals surface area contributed by atoms with E-state index >= 15 is 0 Å². The van der Waals surface area contributed by atoms with Crippen molar-refractivity contribution in [2.75, 3.05) is 0 Å². The number of aliphatic carboxylic acids is 1. The molecular weight excluding hydrogens is 277 g/mol. The van der Waals surface area contributed by atoms with Crippen LogP contribution in [0.4, 0.5) is 9.18 Å². The molecule has 5 nitrogen and oxygen atoms in total. The topological polar surface area (TPSA) is 75.6 Å². The van der Waals surface area contributed by atoms with Crippen LogP contribution < -0.4 is 5.32 Å². The fourth-order valence-electron chi connectivity index (χ4n) is 1.72. The summed E-state index contributed by atoms with van der Waals surface area (Å²) in [7, 11) is 0. The molecule has 6 heteroatoms. The Hall–Kier alpha value is -2.11. The van der Waals surface area contributed by atoms with E-state index in [9.17, 15) is 19.1 Å². The number of carbonyl (C=O) groups excluding carboxylic acids is 1. The number of nitrogens with one attached hydrogen (secondary N) is 1. The van der Waals surface area contributed by atoms with E-state index in [1.165, 1.54) is 25.1 Å². The Morgan fingerprint density at radius 1 is 1.24 bits per heavy atom. The van der Waals surface area contributed by atoms with Crippen LogP contribution in [0.5, 0.6) is 0 Å². The van der Waals surface area contributed by atoms with Crippen LogP contribution in [-0.2, 0) is 16.0 Å². The van der Waals surface area contributed by atoms with Gasteiger partial charge in [-0.05, 0) is 39.3 Å². The summed E-state index contributed by atoms with van der Waals surface area (Å²) >= 11 is 0. The third-order valence-electron chi connectivity index (χ3n) is 2.75. The van der Waals surface area contributed by atoms with E-state index in [4.69, 9.17) is 4.74 Å². The molecule has 2 N–H and O–H groups in total. The highest BCUT2D eigenvalue weighted by atomic mass is 19.1. The fraction of sp³-hybridized carbons (Fsp3) is 0.467. The summed E-state index contributed by atoms with van der Waals surface area (Å²) < 4.78 is 18.7. The lowest BCUT2D eigenvalue weighted by molar-refractivity contribution is -0.144. The predicted octanol–water partition coefficient (Wildman–Crippen LogP) is 2.74. The van der Waals surface area contributed by atoms with Crippen molar-refractivity contribution in [3.63, 3.8) is 0 Å². The van der Waals surface area contributed by atoms with Gasteiger partial charge in [-0.1, -0.05) is 18.2 Å². The SMILES string of the molecule is CC(C)(C)OC(=O)N[C@](C)(Cc1ccccc1F)C(=O)O. The molecule has 0 saturated heterocycles. The molecule has 0 aliphatic rings. The van der Waals surface area contributed by atoms with E-state index in [-0.39, 0.29) is 12.0 Å². The monoisotopic (exact) mass is 297 g/mol. The first kappa shape index (κ1) is 16.9. The molecule has 0 aromatic heterocycles. The van der Waals surface area contributed by atoms with Crippen molar-refractivity contribution < 1.29 is 23.8 Å². The Balaban J connectivity index is 2.92. The minimum Gasteiger partial charge on any atom is -0.480 e. The van der Waals surface area contributed by atoms with Gasteiger partial charge in [-0.3, -0.25) is 0 Å². The molecular formula is C15H20FNO4. The lowest BCUT2D eigenvalue weighted by Crippen LogP contribution is -2.55. The third-order valence-corrected chi connectivity index (χ3v) is 2.75. The molecule has 0 radical (unpaired) electrons. The van der Waals surface area contributed by atoms with Crippen LogP contribution in [0.1, 0.15) is 33.3 Å². The first-order valence-corrected chi connectivity index (χ1v) is 6.51. The normalized spacial score (nSPS) is 14.1. The number of alkyl carbamates (subject to hydrolysis) is 1. The number of benzene rings is 1. The van der Waals surface area contributed by atoms with Gasteiger partial charge >= 0.3 is 12.1 Å². The molecule has 1 amide bonds. The van der Waals surface area contributed by atoms with Crippen LogP contribution in [0.2, 0.25) is 0 Å². The number of carboxylic acid groups (broad SMARTS) is 1. The maximum Gasteiger partial charge on any atom is 0.408 e. The summed E-state index contributed by atoms with van der Waals surface area (Å²) in [5.41, 5.74) is -2.20. The van der Waals surface area contributed by atoms with Crippen LogP contribution in [0.3, 0.4) is 0 Å². The van der Waals surface area contributed by atoms with Crippen molar-refractivity contribution in [2.45, 2.75) is 45.3 Å². The molecule has 0 heterocycles. The highest BCUT2D eigenvalue weighted by Gasteiger charge is 2.37. The van der Waals surface area contributed by atoms with Gasteiger partial charge in [0.05, 0.1) is 0 Å². The summed E-state index contributed by atoms with van der Waals surface area (Å²) in [6.45, 7) is 6.32. The summed E-state index contributed by atoms with van der Waals surface area (Å²) in [5, 5.41) is 11.6. The van der Waals surface area contributed by atoms with Gasteiger partial charge < -0.3 is 15.2 Å². The number of carboxylic acids is 1. The molecule has 1 rings (SSSR count). The largest absolute Gasteiger partial charge is 0.480 e. The number of halogens is 1. The predicted molar refractivity (Wildman–Crippen MR) is 75.5 cm³/mol. The van der Waals surface area contributed by atoms with E-state index in [0.29, 0.717) is 0 Å². The summed E-state index contributed by atoms with van der Waals surface area (Å²) in [6, 6.07) is 5.84. The minimum atomic E-state index is -1.66. The average molecular weight is 297 g/mol. The third kappa shape index (κ3) is 5.06. The van der Waals surface area contributed by atoms with Gasteiger partial charge in [-0.2, -0.15) is 0 Å². The molecule has 1 aromatic carbocycles. The van der Waals surface area contributed by atoms with Crippen LogP contribution >= 0.6 is 0 Å². The van der Waals surface area contributed by atoms with E-state index in [2.05, 4.69) is 5.32 Å². The van der Waals surface area contributed by atoms with E-state index < -0.39 is 29.0 Å². The molecule has 1 aromatic rings. The Labute approximate surface area is 123 Å². The number of hydrogen-bond acceptors (Lipinski definition) is 3. The quantitative estimate of drug-likeness (QED) is 0.896. The van der Waals surface area contributed by atoms with Gasteiger partial charge in [0.15, 0.2) is 0 Å². The van der Waals surface area contributed by atoms with Crippen molar-refractivity contribution in [1.29, 1.82) is 0 Å². The molecule has 0 unspecified atom stereocenters. The number of hydrogen-bond donors (Lipinski definition) is 2. The van der Waals surface area contributed by atoms with Crippen LogP contribution in [0.25, 0.3) is 0 Å². The Bertz CT molecular complexity index is 539. The highest BCUT2D eigenvalue weighted by Crippen LogP contribution is 2.18. The lowest BCUT2D eigenvalue weighted by atomic mass is 9.92. The van der Waals surface area contributed by atoms with Crippen molar-refractivity contribution >= 4 is 12.1 Å². The second-order valence-corrected chi connectivity index (χ2v) is 6.03. The van der Waals surface area contributed by atoms with Crippen LogP contribution in [-0.4, -0.2) is 28.3 Å². The molecule has 0 aliphatic carbocycles. The summed E-state index contributed by atoms with van der Waals surface area (Å²) in [6.07, 6.45) is -1.04. The zero-order valence-corrected chi connectivity index (χ0v) is 12.6. The number of carbonyl (C=O) groups is 2. The molecule has 0 spiro atoms. The average Bonchev–Trinajstić information content (AvgIpc) is 2.29. The molecule has 1 atom stereocenters. The second-order valence-electron chi connectivity index (χ2n) is 6.03. The molecule has 0 saturated carbocycles. The molecule has 0 aliphatic heterocycles. The van der Waals surface area contributed by atoms with E-state index in [1.807, 2.05) is 0 Å². The second kappa shape index (κ2) is 6.11. The van der Waals surface area contributed by atoms with Crippen molar-refractivity contribution in [2.24, 2.45) is 0 Å². The van der Waals surface area contributed by atoms with Gasteiger partial charge in [-0.15, -0.1) is 0 Å². The van der Waals surface area contributed by atoms with Gasteiger partial charge in [0, 0.05) is 6.42 Å². The summed E-state index contributed by atoms with van der Waals surface area (Å²) in [5.74, 6) is -1.78. The fourth-order valence-corrected chi connectivity index (χ4v) is 1.72. The summed E-state index contributed by atoms with van der Waals surface area (Å²) in [4.78, 5) is 23.2. The first-order chi connectivity index (χ1) is 9.53. The number of amides is 1. The maximum atomic E-state index is 13.7. The van der Waals surface area contributed by atoms with Crippen LogP contribution in [0.15, 0.2) is 24.3 Å². The maximum absolute atomic E-state index is 13.7. The van der Waals surface area contributed by atoms with Crippen molar-refractivity contribution in [1.82, 2.24) is 5.32 Å². The Morgan fingerprint density at radius 2 is 1.81 bits per heavy atom. The molecule has 0 fully saturated rings. The van der Waals surface area contributed by atoms with Gasteiger partial charge in [0.25, 0.3) is 0 Å². The van der Waals surface area contributed by atoms with E-state index in [1.54, 1.807) is 26.8 Å². The molecule has 21 heavy (non-hydrogen) atoms. The molecule has 116 valence electrons. The zero-order valence-electron chi connectivity index (χ0n) is 12.6. The standard InChI is InChI=1S/C15H20FNO4/c1-14(2,3)21-13(20)17-15(4,12(18)19)9-10-7-5-6-8-11(10)16/h5-8H,9H2,1-4H3,(H,17,20)(H,18,19)/t15-/m1/s1. The molecule has 0 bridgehead atoms. The van der Waals surface area contributed by atoms with Crippen LogP contribution in [0, 0.1) is 5.82 Å². The van der Waals surface area contributed by atoms with Gasteiger partial charge in [0.2, 0.25) is 0 Å². The van der Waals surface area contributed by atoms with Gasteiger partial charge in [-0.25, -0.2) is 14.0 Å².